The highest BCUT2D eigenvalue weighted by Gasteiger charge is 2.43. The number of halogens is 3. The van der Waals surface area contributed by atoms with Crippen molar-refractivity contribution in [1.82, 2.24) is 4.98 Å². The fourth-order valence-electron chi connectivity index (χ4n) is 5.12. The smallest absolute Gasteiger partial charge is 0.416 e. The van der Waals surface area contributed by atoms with Crippen LogP contribution < -0.4 is 16.0 Å². The molecule has 3 N–H and O–H groups in total. The predicted octanol–water partition coefficient (Wildman–Crippen LogP) is 5.85. The predicted molar refractivity (Wildman–Crippen MR) is 124 cm³/mol. The average molecular weight is 459 g/mol. The Hall–Kier alpha value is -2.80. The van der Waals surface area contributed by atoms with Crippen LogP contribution in [-0.4, -0.2) is 17.1 Å². The van der Waals surface area contributed by atoms with Gasteiger partial charge in [0.25, 0.3) is 5.56 Å². The van der Waals surface area contributed by atoms with E-state index >= 15 is 0 Å². The van der Waals surface area contributed by atoms with Gasteiger partial charge in [-0.2, -0.15) is 13.2 Å². The van der Waals surface area contributed by atoms with Crippen molar-refractivity contribution in [3.63, 3.8) is 0 Å². The van der Waals surface area contributed by atoms with E-state index < -0.39 is 17.2 Å². The minimum atomic E-state index is -4.39. The summed E-state index contributed by atoms with van der Waals surface area (Å²) in [5.74, 6) is 0.726. The van der Waals surface area contributed by atoms with E-state index in [1.165, 1.54) is 12.1 Å². The fourth-order valence-corrected chi connectivity index (χ4v) is 5.12. The van der Waals surface area contributed by atoms with Crippen LogP contribution in [0.2, 0.25) is 0 Å². The molecule has 1 fully saturated rings. The van der Waals surface area contributed by atoms with Gasteiger partial charge in [0.2, 0.25) is 0 Å². The molecule has 176 valence electrons. The third kappa shape index (κ3) is 4.51. The summed E-state index contributed by atoms with van der Waals surface area (Å²) in [5.41, 5.74) is 6.76. The maximum Gasteiger partial charge on any atom is 0.416 e. The van der Waals surface area contributed by atoms with E-state index in [1.807, 2.05) is 32.0 Å². The highest BCUT2D eigenvalue weighted by molar-refractivity contribution is 5.83. The second kappa shape index (κ2) is 8.86. The van der Waals surface area contributed by atoms with E-state index in [1.54, 1.807) is 12.3 Å². The van der Waals surface area contributed by atoms with Gasteiger partial charge in [0.15, 0.2) is 0 Å². The number of aromatic nitrogens is 1. The molecule has 1 saturated carbocycles. The number of benzene rings is 2. The first-order chi connectivity index (χ1) is 15.6. The van der Waals surface area contributed by atoms with Gasteiger partial charge < -0.3 is 15.5 Å². The lowest BCUT2D eigenvalue weighted by Gasteiger charge is -2.44. The van der Waals surface area contributed by atoms with Gasteiger partial charge in [-0.25, -0.2) is 0 Å². The Kier molecular flexibility index (Phi) is 6.27. The zero-order chi connectivity index (χ0) is 23.8. The van der Waals surface area contributed by atoms with Crippen LogP contribution in [0, 0.1) is 6.92 Å². The summed E-state index contributed by atoms with van der Waals surface area (Å²) < 4.78 is 46.4. The molecule has 0 amide bonds. The Morgan fingerprint density at radius 2 is 1.91 bits per heavy atom. The van der Waals surface area contributed by atoms with E-state index in [2.05, 4.69) is 4.98 Å². The van der Waals surface area contributed by atoms with Crippen LogP contribution >= 0.6 is 0 Å². The molecule has 0 aliphatic heterocycles. The van der Waals surface area contributed by atoms with Gasteiger partial charge >= 0.3 is 6.18 Å². The summed E-state index contributed by atoms with van der Waals surface area (Å²) in [6.45, 7) is 3.88. The van der Waals surface area contributed by atoms with Crippen molar-refractivity contribution >= 4 is 10.8 Å². The molecule has 4 rings (SSSR count). The molecule has 0 bridgehead atoms. The SMILES string of the molecule is CCC(N)C1(c2cccc(C(F)(F)F)c2)CCC(Oc2cc3cc[nH]c(=O)c3cc2C)CC1. The summed E-state index contributed by atoms with van der Waals surface area (Å²) in [6.07, 6.45) is 0.531. The molecule has 0 saturated heterocycles. The molecule has 1 unspecified atom stereocenters. The molecular formula is C26H29F3N2O2. The normalized spacial score (nSPS) is 22.3. The zero-order valence-electron chi connectivity index (χ0n) is 18.8. The molecule has 1 atom stereocenters. The first-order valence-electron chi connectivity index (χ1n) is 11.4. The molecule has 1 heterocycles. The quantitative estimate of drug-likeness (QED) is 0.504. The van der Waals surface area contributed by atoms with Gasteiger partial charge in [-0.1, -0.05) is 25.1 Å². The monoisotopic (exact) mass is 458 g/mol. The number of H-pyrrole nitrogens is 1. The van der Waals surface area contributed by atoms with E-state index in [-0.39, 0.29) is 17.7 Å². The van der Waals surface area contributed by atoms with Crippen LogP contribution in [0.1, 0.15) is 55.7 Å². The highest BCUT2D eigenvalue weighted by Crippen LogP contribution is 2.45. The molecule has 3 aromatic rings. The Bertz CT molecular complexity index is 1190. The number of aryl methyl sites for hydroxylation is 1. The molecule has 7 heteroatoms. The van der Waals surface area contributed by atoms with Crippen molar-refractivity contribution in [2.45, 2.75) is 69.7 Å². The molecule has 4 nitrogen and oxygen atoms in total. The van der Waals surface area contributed by atoms with Crippen molar-refractivity contribution in [1.29, 1.82) is 0 Å². The lowest BCUT2D eigenvalue weighted by Crippen LogP contribution is -2.49. The molecule has 1 aliphatic rings. The largest absolute Gasteiger partial charge is 0.490 e. The first kappa shape index (κ1) is 23.4. The number of nitrogens with two attached hydrogens (primary N) is 1. The lowest BCUT2D eigenvalue weighted by molar-refractivity contribution is -0.137. The minimum Gasteiger partial charge on any atom is -0.490 e. The standard InChI is InChI=1S/C26H29F3N2O2/c1-3-23(30)25(18-5-4-6-19(15-18)26(27,28)29)10-7-20(8-11-25)33-22-14-17-9-12-31-24(32)21(17)13-16(22)2/h4-6,9,12-15,20,23H,3,7-8,10-11,30H2,1-2H3,(H,31,32). The number of rotatable bonds is 5. The summed E-state index contributed by atoms with van der Waals surface area (Å²) in [7, 11) is 0. The number of pyridine rings is 1. The van der Waals surface area contributed by atoms with Crippen LogP contribution in [0.5, 0.6) is 5.75 Å². The van der Waals surface area contributed by atoms with Crippen molar-refractivity contribution < 1.29 is 17.9 Å². The Morgan fingerprint density at radius 3 is 2.58 bits per heavy atom. The number of ether oxygens (including phenoxy) is 1. The van der Waals surface area contributed by atoms with Gasteiger partial charge in [0, 0.05) is 23.0 Å². The van der Waals surface area contributed by atoms with Crippen LogP contribution in [0.15, 0.2) is 53.5 Å². The van der Waals surface area contributed by atoms with E-state index in [9.17, 15) is 18.0 Å². The maximum atomic E-state index is 13.3. The molecule has 0 radical (unpaired) electrons. The summed E-state index contributed by atoms with van der Waals surface area (Å²) in [6, 6.07) is 10.9. The van der Waals surface area contributed by atoms with Gasteiger partial charge in [0.1, 0.15) is 5.75 Å². The first-order valence-corrected chi connectivity index (χ1v) is 11.4. The number of hydrogen-bond acceptors (Lipinski definition) is 3. The second-order valence-electron chi connectivity index (χ2n) is 9.08. The molecule has 33 heavy (non-hydrogen) atoms. The van der Waals surface area contributed by atoms with Crippen LogP contribution in [0.4, 0.5) is 13.2 Å². The third-order valence-electron chi connectivity index (χ3n) is 7.10. The Labute approximate surface area is 191 Å². The molecule has 0 spiro atoms. The van der Waals surface area contributed by atoms with Gasteiger partial charge in [-0.05, 0) is 79.8 Å². The van der Waals surface area contributed by atoms with Crippen LogP contribution in [0.25, 0.3) is 10.8 Å². The number of fused-ring (bicyclic) bond motifs is 1. The lowest BCUT2D eigenvalue weighted by atomic mass is 9.63. The minimum absolute atomic E-state index is 0.0638. The van der Waals surface area contributed by atoms with Gasteiger partial charge in [0.05, 0.1) is 11.7 Å². The number of aromatic amines is 1. The highest BCUT2D eigenvalue weighted by atomic mass is 19.4. The molecular weight excluding hydrogens is 429 g/mol. The molecule has 2 aromatic carbocycles. The Balaban J connectivity index is 1.57. The summed E-state index contributed by atoms with van der Waals surface area (Å²) >= 11 is 0. The van der Waals surface area contributed by atoms with Crippen LogP contribution in [-0.2, 0) is 11.6 Å². The summed E-state index contributed by atoms with van der Waals surface area (Å²) in [4.78, 5) is 14.7. The maximum absolute atomic E-state index is 13.3. The molecule has 1 aliphatic carbocycles. The number of hydrogen-bond donors (Lipinski definition) is 2. The number of nitrogens with one attached hydrogen (secondary N) is 1. The van der Waals surface area contributed by atoms with Crippen molar-refractivity contribution in [2.24, 2.45) is 5.73 Å². The molecule has 1 aromatic heterocycles. The van der Waals surface area contributed by atoms with E-state index in [0.29, 0.717) is 43.1 Å². The van der Waals surface area contributed by atoms with Crippen LogP contribution in [0.3, 0.4) is 0 Å². The third-order valence-corrected chi connectivity index (χ3v) is 7.10. The van der Waals surface area contributed by atoms with Gasteiger partial charge in [-0.15, -0.1) is 0 Å². The van der Waals surface area contributed by atoms with E-state index in [0.717, 1.165) is 22.8 Å². The van der Waals surface area contributed by atoms with Gasteiger partial charge in [-0.3, -0.25) is 4.79 Å². The number of alkyl halides is 3. The zero-order valence-corrected chi connectivity index (χ0v) is 18.8. The fraction of sp³-hybridized carbons (Fsp3) is 0.423. The summed E-state index contributed by atoms with van der Waals surface area (Å²) in [5, 5.41) is 1.42. The van der Waals surface area contributed by atoms with Crippen molar-refractivity contribution in [3.05, 3.63) is 75.7 Å². The van der Waals surface area contributed by atoms with Crippen molar-refractivity contribution in [3.8, 4) is 5.75 Å². The Morgan fingerprint density at radius 1 is 1.18 bits per heavy atom. The van der Waals surface area contributed by atoms with E-state index in [4.69, 9.17) is 10.5 Å². The average Bonchev–Trinajstić information content (AvgIpc) is 2.80. The second-order valence-corrected chi connectivity index (χ2v) is 9.08. The topological polar surface area (TPSA) is 68.1 Å². The van der Waals surface area contributed by atoms with Crippen molar-refractivity contribution in [2.75, 3.05) is 0 Å².